The molecule has 2 aromatic carbocycles. The quantitative estimate of drug-likeness (QED) is 0.385. The van der Waals surface area contributed by atoms with Gasteiger partial charge < -0.3 is 15.2 Å². The van der Waals surface area contributed by atoms with Gasteiger partial charge in [0.2, 0.25) is 0 Å². The van der Waals surface area contributed by atoms with Gasteiger partial charge in [-0.05, 0) is 30.7 Å². The number of methoxy groups -OCH3 is 1. The zero-order chi connectivity index (χ0) is 17.9. The molecular weight excluding hydrogens is 316 g/mol. The van der Waals surface area contributed by atoms with Crippen LogP contribution >= 0.6 is 0 Å². The summed E-state index contributed by atoms with van der Waals surface area (Å²) >= 11 is 0. The van der Waals surface area contributed by atoms with Crippen LogP contribution in [0.3, 0.4) is 0 Å². The number of carbonyl (C=O) groups excluding carboxylic acids is 2. The minimum absolute atomic E-state index is 0.107. The lowest BCUT2D eigenvalue weighted by atomic mass is 10.1. The summed E-state index contributed by atoms with van der Waals surface area (Å²) in [6.07, 6.45) is 0. The van der Waals surface area contributed by atoms with E-state index in [1.807, 2.05) is 0 Å². The van der Waals surface area contributed by atoms with E-state index >= 15 is 0 Å². The van der Waals surface area contributed by atoms with Crippen molar-refractivity contribution in [3.63, 3.8) is 0 Å². The smallest absolute Gasteiger partial charge is 0.338 e. The van der Waals surface area contributed by atoms with E-state index < -0.39 is 22.5 Å². The monoisotopic (exact) mass is 330 g/mol. The van der Waals surface area contributed by atoms with E-state index in [1.54, 1.807) is 13.0 Å². The van der Waals surface area contributed by atoms with Crippen molar-refractivity contribution in [3.05, 3.63) is 63.2 Å². The molecule has 2 rings (SSSR count). The van der Waals surface area contributed by atoms with Crippen molar-refractivity contribution in [2.45, 2.75) is 6.92 Å². The van der Waals surface area contributed by atoms with Crippen molar-refractivity contribution in [2.24, 2.45) is 0 Å². The summed E-state index contributed by atoms with van der Waals surface area (Å²) in [6, 6.07) is 7.88. The van der Waals surface area contributed by atoms with Crippen LogP contribution in [0.25, 0.3) is 0 Å². The number of hydrogen-bond acceptors (Lipinski definition) is 6. The summed E-state index contributed by atoms with van der Waals surface area (Å²) < 4.78 is 4.52. The summed E-state index contributed by atoms with van der Waals surface area (Å²) in [5.74, 6) is -1.64. The second kappa shape index (κ2) is 6.78. The highest BCUT2D eigenvalue weighted by atomic mass is 16.6. The van der Waals surface area contributed by atoms with Crippen molar-refractivity contribution in [3.8, 4) is 5.75 Å². The summed E-state index contributed by atoms with van der Waals surface area (Å²) in [7, 11) is 1.13. The number of aryl methyl sites for hydroxylation is 1. The first-order valence-electron chi connectivity index (χ1n) is 6.80. The Balaban J connectivity index is 2.39. The fourth-order valence-electron chi connectivity index (χ4n) is 2.03. The molecule has 0 aliphatic heterocycles. The van der Waals surface area contributed by atoms with E-state index in [9.17, 15) is 24.8 Å². The average Bonchev–Trinajstić information content (AvgIpc) is 2.56. The van der Waals surface area contributed by atoms with E-state index in [4.69, 9.17) is 0 Å². The number of benzene rings is 2. The maximum absolute atomic E-state index is 12.3. The predicted octanol–water partition coefficient (Wildman–Crippen LogP) is 2.65. The molecule has 0 spiro atoms. The van der Waals surface area contributed by atoms with Crippen LogP contribution < -0.4 is 5.32 Å². The summed E-state index contributed by atoms with van der Waals surface area (Å²) in [5, 5.41) is 23.2. The SMILES string of the molecule is COC(=O)c1cc(C(=O)Nc2ccc(C)cc2O)cc([N+](=O)[O-])c1. The molecule has 8 heteroatoms. The second-order valence-electron chi connectivity index (χ2n) is 4.99. The standard InChI is InChI=1S/C16H14N2O6/c1-9-3-4-13(14(19)5-9)17-15(20)10-6-11(16(21)24-2)8-12(7-10)18(22)23/h3-8,19H,1-2H3,(H,17,20). The number of phenols is 1. The van der Waals surface area contributed by atoms with Crippen LogP contribution in [-0.2, 0) is 4.74 Å². The number of carbonyl (C=O) groups is 2. The molecule has 0 atom stereocenters. The molecule has 2 N–H and O–H groups in total. The van der Waals surface area contributed by atoms with Crippen molar-refractivity contribution >= 4 is 23.3 Å². The highest BCUT2D eigenvalue weighted by Gasteiger charge is 2.19. The van der Waals surface area contributed by atoms with Crippen LogP contribution in [0.5, 0.6) is 5.75 Å². The molecule has 0 aromatic heterocycles. The molecule has 8 nitrogen and oxygen atoms in total. The molecule has 0 fully saturated rings. The molecule has 0 radical (unpaired) electrons. The third-order valence-electron chi connectivity index (χ3n) is 3.21. The Hall–Kier alpha value is -3.42. The van der Waals surface area contributed by atoms with Crippen molar-refractivity contribution in [1.29, 1.82) is 0 Å². The minimum Gasteiger partial charge on any atom is -0.506 e. The van der Waals surface area contributed by atoms with Crippen LogP contribution in [-0.4, -0.2) is 29.0 Å². The molecule has 0 aliphatic rings. The molecule has 24 heavy (non-hydrogen) atoms. The molecular formula is C16H14N2O6. The highest BCUT2D eigenvalue weighted by Crippen LogP contribution is 2.25. The van der Waals surface area contributed by atoms with Crippen LogP contribution in [0.2, 0.25) is 0 Å². The van der Waals surface area contributed by atoms with Gasteiger partial charge in [0.1, 0.15) is 5.75 Å². The Morgan fingerprint density at radius 3 is 2.42 bits per heavy atom. The van der Waals surface area contributed by atoms with Gasteiger partial charge in [-0.3, -0.25) is 14.9 Å². The molecule has 0 saturated carbocycles. The number of nitrogens with zero attached hydrogens (tertiary/aromatic N) is 1. The van der Waals surface area contributed by atoms with Gasteiger partial charge in [0.05, 0.1) is 23.3 Å². The van der Waals surface area contributed by atoms with E-state index in [1.165, 1.54) is 18.2 Å². The number of esters is 1. The fourth-order valence-corrected chi connectivity index (χ4v) is 2.03. The number of aromatic hydroxyl groups is 1. The van der Waals surface area contributed by atoms with Crippen LogP contribution in [0.1, 0.15) is 26.3 Å². The summed E-state index contributed by atoms with van der Waals surface area (Å²) in [4.78, 5) is 34.1. The Labute approximate surface area is 136 Å². The second-order valence-corrected chi connectivity index (χ2v) is 4.99. The molecule has 0 saturated heterocycles. The Kier molecular flexibility index (Phi) is 4.78. The molecule has 124 valence electrons. The molecule has 0 heterocycles. The van der Waals surface area contributed by atoms with Gasteiger partial charge in [-0.1, -0.05) is 6.07 Å². The lowest BCUT2D eigenvalue weighted by Gasteiger charge is -2.09. The number of nitro groups is 1. The van der Waals surface area contributed by atoms with E-state index in [-0.39, 0.29) is 22.6 Å². The number of non-ortho nitro benzene ring substituents is 1. The van der Waals surface area contributed by atoms with E-state index in [2.05, 4.69) is 10.1 Å². The zero-order valence-electron chi connectivity index (χ0n) is 12.9. The predicted molar refractivity (Wildman–Crippen MR) is 85.2 cm³/mol. The van der Waals surface area contributed by atoms with Gasteiger partial charge in [-0.15, -0.1) is 0 Å². The van der Waals surface area contributed by atoms with Crippen molar-refractivity contribution in [1.82, 2.24) is 0 Å². The minimum atomic E-state index is -0.800. The lowest BCUT2D eigenvalue weighted by molar-refractivity contribution is -0.384. The number of phenolic OH excluding ortho intramolecular Hbond substituents is 1. The largest absolute Gasteiger partial charge is 0.506 e. The van der Waals surface area contributed by atoms with Gasteiger partial charge >= 0.3 is 5.97 Å². The normalized spacial score (nSPS) is 10.1. The third kappa shape index (κ3) is 3.67. The molecule has 2 aromatic rings. The van der Waals surface area contributed by atoms with Crippen molar-refractivity contribution in [2.75, 3.05) is 12.4 Å². The number of ether oxygens (including phenoxy) is 1. The molecule has 1 amide bonds. The zero-order valence-corrected chi connectivity index (χ0v) is 12.9. The van der Waals surface area contributed by atoms with E-state index in [0.29, 0.717) is 0 Å². The topological polar surface area (TPSA) is 119 Å². The number of amides is 1. The molecule has 0 bridgehead atoms. The maximum atomic E-state index is 12.3. The van der Waals surface area contributed by atoms with E-state index in [0.717, 1.165) is 24.8 Å². The van der Waals surface area contributed by atoms with Crippen LogP contribution in [0.4, 0.5) is 11.4 Å². The molecule has 0 unspecified atom stereocenters. The summed E-state index contributed by atoms with van der Waals surface area (Å²) in [5.41, 5.74) is 0.302. The van der Waals surface area contributed by atoms with Gasteiger partial charge in [0.25, 0.3) is 11.6 Å². The number of rotatable bonds is 4. The Morgan fingerprint density at radius 1 is 1.17 bits per heavy atom. The third-order valence-corrected chi connectivity index (χ3v) is 3.21. The number of nitro benzene ring substituents is 1. The summed E-state index contributed by atoms with van der Waals surface area (Å²) in [6.45, 7) is 1.77. The Morgan fingerprint density at radius 2 is 1.83 bits per heavy atom. The van der Waals surface area contributed by atoms with Crippen LogP contribution in [0, 0.1) is 17.0 Å². The van der Waals surface area contributed by atoms with Gasteiger partial charge in [-0.25, -0.2) is 4.79 Å². The van der Waals surface area contributed by atoms with Gasteiger partial charge in [-0.2, -0.15) is 0 Å². The molecule has 0 aliphatic carbocycles. The highest BCUT2D eigenvalue weighted by molar-refractivity contribution is 6.06. The number of hydrogen-bond donors (Lipinski definition) is 2. The van der Waals surface area contributed by atoms with Gasteiger partial charge in [0, 0.05) is 17.7 Å². The van der Waals surface area contributed by atoms with Gasteiger partial charge in [0.15, 0.2) is 0 Å². The first-order chi connectivity index (χ1) is 11.3. The van der Waals surface area contributed by atoms with Crippen LogP contribution in [0.15, 0.2) is 36.4 Å². The lowest BCUT2D eigenvalue weighted by Crippen LogP contribution is -2.14. The number of nitrogens with one attached hydrogen (secondary N) is 1. The first-order valence-corrected chi connectivity index (χ1v) is 6.80. The maximum Gasteiger partial charge on any atom is 0.338 e. The average molecular weight is 330 g/mol. The number of anilines is 1. The van der Waals surface area contributed by atoms with Crippen molar-refractivity contribution < 1.29 is 24.4 Å². The fraction of sp³-hybridized carbons (Fsp3) is 0.125. The Bertz CT molecular complexity index is 831. The first kappa shape index (κ1) is 16.9.